The fourth-order valence-corrected chi connectivity index (χ4v) is 9.19. The number of aromatic hydroxyl groups is 1. The molecule has 10 heteroatoms. The zero-order chi connectivity index (χ0) is 31.4. The number of aliphatic carboxylic acids is 1. The van der Waals surface area contributed by atoms with Crippen LogP contribution in [-0.2, 0) is 20.8 Å². The first-order valence-corrected chi connectivity index (χ1v) is 15.5. The number of aromatic amines is 1. The summed E-state index contributed by atoms with van der Waals surface area (Å²) >= 11 is 0. The zero-order valence-electron chi connectivity index (χ0n) is 25.2. The Labute approximate surface area is 256 Å². The van der Waals surface area contributed by atoms with E-state index in [2.05, 4.69) is 35.2 Å². The second-order valence-electron chi connectivity index (χ2n) is 13.7. The molecule has 44 heavy (non-hydrogen) atoms. The Morgan fingerprint density at radius 3 is 2.80 bits per heavy atom. The number of carbonyl (C=O) groups is 2. The summed E-state index contributed by atoms with van der Waals surface area (Å²) in [5.74, 6) is 1.63. The molecule has 0 unspecified atom stereocenters. The van der Waals surface area contributed by atoms with Gasteiger partial charge in [-0.2, -0.15) is 0 Å². The van der Waals surface area contributed by atoms with Crippen molar-refractivity contribution in [3.05, 3.63) is 41.6 Å². The Balaban J connectivity index is 1.09. The van der Waals surface area contributed by atoms with Crippen LogP contribution in [0, 0.1) is 40.9 Å². The summed E-state index contributed by atoms with van der Waals surface area (Å²) in [4.78, 5) is 32.9. The maximum atomic E-state index is 12.6. The molecule has 1 aromatic carbocycles. The monoisotopic (exact) mass is 603 g/mol. The quantitative estimate of drug-likeness (QED) is 0.208. The Morgan fingerprint density at radius 1 is 1.25 bits per heavy atom. The maximum Gasteiger partial charge on any atom is 0.326 e. The number of allylic oxidation sites excluding steroid dienone is 2. The summed E-state index contributed by atoms with van der Waals surface area (Å²) in [6, 6.07) is 3.61. The van der Waals surface area contributed by atoms with Crippen LogP contribution in [0.5, 0.6) is 5.75 Å². The van der Waals surface area contributed by atoms with E-state index in [1.807, 2.05) is 6.08 Å². The number of phenols is 1. The summed E-state index contributed by atoms with van der Waals surface area (Å²) in [5.41, 5.74) is 1.45. The van der Waals surface area contributed by atoms with Crippen molar-refractivity contribution in [3.8, 4) is 18.1 Å². The van der Waals surface area contributed by atoms with E-state index in [0.717, 1.165) is 36.8 Å². The lowest BCUT2D eigenvalue weighted by Crippen LogP contribution is -2.59. The molecule has 1 aromatic heterocycles. The van der Waals surface area contributed by atoms with Crippen molar-refractivity contribution in [1.29, 1.82) is 0 Å². The third-order valence-electron chi connectivity index (χ3n) is 11.5. The standard InChI is InChI=1S/C34H41N3O7/c1-4-34(43)12-10-25-24-7-5-20-14-21(9-11-32(20,2)30(24)28(39)16-33(25,34)3)37-44-18-29(40)36-27(31(41)42)13-19-17-35-26-15-22(38)6-8-23(19)26/h1,6,8,14-15,17,24-25,27-28,30,35,38-39,43H,5,7,9-13,16,18H2,2-3H3,(H,36,40)(H,41,42)/b37-21-/t24-,25-,27-,28+,30+,32-,33-,34-/m0/s1. The number of H-pyrrole nitrogens is 1. The minimum atomic E-state index is -1.18. The molecule has 234 valence electrons. The number of carbonyl (C=O) groups excluding carboxylic acids is 1. The molecule has 10 nitrogen and oxygen atoms in total. The van der Waals surface area contributed by atoms with E-state index in [1.54, 1.807) is 18.3 Å². The molecule has 0 spiro atoms. The molecule has 0 saturated heterocycles. The Morgan fingerprint density at radius 2 is 2.05 bits per heavy atom. The lowest BCUT2D eigenvalue weighted by molar-refractivity contribution is -0.153. The van der Waals surface area contributed by atoms with Gasteiger partial charge in [-0.15, -0.1) is 6.42 Å². The number of hydrogen-bond acceptors (Lipinski definition) is 7. The highest BCUT2D eigenvalue weighted by Crippen LogP contribution is 2.67. The number of aliphatic hydroxyl groups excluding tert-OH is 1. The van der Waals surface area contributed by atoms with Crippen molar-refractivity contribution < 1.29 is 34.9 Å². The number of nitrogens with one attached hydrogen (secondary N) is 2. The minimum absolute atomic E-state index is 0.0566. The number of oxime groups is 1. The molecule has 1 heterocycles. The largest absolute Gasteiger partial charge is 0.508 e. The molecule has 0 radical (unpaired) electrons. The van der Waals surface area contributed by atoms with Gasteiger partial charge < -0.3 is 35.6 Å². The number of hydrogen-bond donors (Lipinski definition) is 6. The van der Waals surface area contributed by atoms with E-state index in [-0.39, 0.29) is 35.3 Å². The van der Waals surface area contributed by atoms with Gasteiger partial charge in [-0.3, -0.25) is 4.79 Å². The Kier molecular flexibility index (Phi) is 7.53. The summed E-state index contributed by atoms with van der Waals surface area (Å²) < 4.78 is 0. The van der Waals surface area contributed by atoms with Crippen LogP contribution in [0.25, 0.3) is 10.9 Å². The number of aliphatic hydroxyl groups is 2. The molecule has 6 N–H and O–H groups in total. The fourth-order valence-electron chi connectivity index (χ4n) is 9.19. The van der Waals surface area contributed by atoms with Crippen LogP contribution in [0.15, 0.2) is 41.2 Å². The molecule has 2 aromatic rings. The highest BCUT2D eigenvalue weighted by Gasteiger charge is 2.66. The van der Waals surface area contributed by atoms with Crippen molar-refractivity contribution in [2.45, 2.75) is 83.0 Å². The number of phenolic OH excluding ortho intramolecular Hbond substituents is 1. The van der Waals surface area contributed by atoms with Gasteiger partial charge in [0.25, 0.3) is 5.91 Å². The predicted molar refractivity (Wildman–Crippen MR) is 163 cm³/mol. The molecule has 4 aliphatic rings. The van der Waals surface area contributed by atoms with Gasteiger partial charge in [0.2, 0.25) is 0 Å². The average Bonchev–Trinajstić information content (AvgIpc) is 3.49. The Hall–Kier alpha value is -3.81. The molecular formula is C34H41N3O7. The van der Waals surface area contributed by atoms with Crippen molar-refractivity contribution in [2.24, 2.45) is 33.7 Å². The lowest BCUT2D eigenvalue weighted by atomic mass is 9.45. The van der Waals surface area contributed by atoms with Gasteiger partial charge in [-0.05, 0) is 91.9 Å². The number of nitrogens with zero attached hydrogens (tertiary/aromatic N) is 1. The first-order chi connectivity index (χ1) is 20.9. The number of aromatic nitrogens is 1. The molecule has 1 amide bonds. The third kappa shape index (κ3) is 4.87. The molecule has 4 aliphatic carbocycles. The molecular weight excluding hydrogens is 562 g/mol. The highest BCUT2D eigenvalue weighted by atomic mass is 16.6. The van der Waals surface area contributed by atoms with Gasteiger partial charge in [0.15, 0.2) is 6.61 Å². The number of amides is 1. The second-order valence-corrected chi connectivity index (χ2v) is 13.7. The van der Waals surface area contributed by atoms with Gasteiger partial charge in [0.1, 0.15) is 17.4 Å². The fraction of sp³-hybridized carbons (Fsp3) is 0.559. The molecule has 6 rings (SSSR count). The van der Waals surface area contributed by atoms with Gasteiger partial charge in [-0.25, -0.2) is 4.79 Å². The Bertz CT molecular complexity index is 1590. The first kappa shape index (κ1) is 30.2. The maximum absolute atomic E-state index is 12.6. The minimum Gasteiger partial charge on any atom is -0.508 e. The number of carboxylic acids is 1. The van der Waals surface area contributed by atoms with Gasteiger partial charge >= 0.3 is 5.97 Å². The molecule has 0 aliphatic heterocycles. The summed E-state index contributed by atoms with van der Waals surface area (Å²) in [5, 5.41) is 49.7. The van der Waals surface area contributed by atoms with E-state index in [1.165, 1.54) is 11.6 Å². The number of benzene rings is 1. The van der Waals surface area contributed by atoms with Gasteiger partial charge in [0, 0.05) is 35.0 Å². The van der Waals surface area contributed by atoms with Crippen molar-refractivity contribution >= 4 is 28.5 Å². The number of fused-ring (bicyclic) bond motifs is 6. The number of terminal acetylenes is 1. The van der Waals surface area contributed by atoms with Crippen molar-refractivity contribution in [1.82, 2.24) is 10.3 Å². The van der Waals surface area contributed by atoms with E-state index >= 15 is 0 Å². The van der Waals surface area contributed by atoms with E-state index < -0.39 is 41.6 Å². The van der Waals surface area contributed by atoms with Gasteiger partial charge in [0.05, 0.1) is 11.8 Å². The van der Waals surface area contributed by atoms with Crippen LogP contribution in [-0.4, -0.2) is 67.4 Å². The van der Waals surface area contributed by atoms with Crippen LogP contribution < -0.4 is 5.32 Å². The van der Waals surface area contributed by atoms with E-state index in [9.17, 15) is 30.0 Å². The normalized spacial score (nSPS) is 36.0. The number of carboxylic acid groups (broad SMARTS) is 1. The first-order valence-electron chi connectivity index (χ1n) is 15.5. The SMILES string of the molecule is C#C[C@]1(O)CC[C@H]2[C@@H]3CCC4=C/C(=N\OCC(=O)N[C@@H](Cc5c[nH]c6cc(O)ccc56)C(=O)O)CC[C@]4(C)[C@H]3[C@H](O)C[C@@]21C. The summed E-state index contributed by atoms with van der Waals surface area (Å²) in [6.07, 6.45) is 14.1. The van der Waals surface area contributed by atoms with Crippen molar-refractivity contribution in [2.75, 3.05) is 6.61 Å². The summed E-state index contributed by atoms with van der Waals surface area (Å²) in [7, 11) is 0. The van der Waals surface area contributed by atoms with Crippen LogP contribution in [0.1, 0.15) is 64.4 Å². The predicted octanol–water partition coefficient (Wildman–Crippen LogP) is 3.66. The molecule has 8 atom stereocenters. The van der Waals surface area contributed by atoms with Crippen LogP contribution in [0.4, 0.5) is 0 Å². The third-order valence-corrected chi connectivity index (χ3v) is 11.5. The molecule has 3 saturated carbocycles. The van der Waals surface area contributed by atoms with E-state index in [4.69, 9.17) is 11.3 Å². The van der Waals surface area contributed by atoms with Crippen LogP contribution in [0.2, 0.25) is 0 Å². The average molecular weight is 604 g/mol. The highest BCUT2D eigenvalue weighted by molar-refractivity contribution is 5.96. The molecule has 0 bridgehead atoms. The number of rotatable bonds is 7. The van der Waals surface area contributed by atoms with Crippen LogP contribution in [0.3, 0.4) is 0 Å². The second kappa shape index (κ2) is 11.0. The summed E-state index contributed by atoms with van der Waals surface area (Å²) in [6.45, 7) is 3.87. The molecule has 3 fully saturated rings. The topological polar surface area (TPSA) is 164 Å². The van der Waals surface area contributed by atoms with Gasteiger partial charge in [-0.1, -0.05) is 30.5 Å². The smallest absolute Gasteiger partial charge is 0.326 e. The van der Waals surface area contributed by atoms with E-state index in [0.29, 0.717) is 30.3 Å². The van der Waals surface area contributed by atoms with Crippen LogP contribution >= 0.6 is 0 Å². The lowest BCUT2D eigenvalue weighted by Gasteiger charge is -2.60. The zero-order valence-corrected chi connectivity index (χ0v) is 25.2. The van der Waals surface area contributed by atoms with Crippen molar-refractivity contribution in [3.63, 3.8) is 0 Å².